The van der Waals surface area contributed by atoms with E-state index in [1.165, 1.54) is 24.8 Å². The number of nitro benzene ring substituents is 1. The van der Waals surface area contributed by atoms with Gasteiger partial charge >= 0.3 is 0 Å². The number of ether oxygens (including phenoxy) is 3. The molecule has 0 bridgehead atoms. The molecule has 0 aromatic heterocycles. The Morgan fingerprint density at radius 2 is 1.79 bits per heavy atom. The lowest BCUT2D eigenvalue weighted by Gasteiger charge is -2.35. The maximum Gasteiger partial charge on any atom is 0.286 e. The van der Waals surface area contributed by atoms with Gasteiger partial charge in [0.1, 0.15) is 5.56 Å². The molecule has 1 heterocycles. The van der Waals surface area contributed by atoms with Crippen molar-refractivity contribution in [1.82, 2.24) is 10.2 Å². The van der Waals surface area contributed by atoms with Crippen LogP contribution in [0.3, 0.4) is 0 Å². The molecule has 2 atom stereocenters. The van der Waals surface area contributed by atoms with Crippen LogP contribution in [-0.4, -0.2) is 54.7 Å². The third-order valence-electron chi connectivity index (χ3n) is 5.40. The lowest BCUT2D eigenvalue weighted by Crippen LogP contribution is -2.44. The van der Waals surface area contributed by atoms with Gasteiger partial charge in [0, 0.05) is 32.2 Å². The first-order valence-corrected chi connectivity index (χ1v) is 11.0. The van der Waals surface area contributed by atoms with Crippen LogP contribution in [0, 0.1) is 10.1 Å². The number of rotatable bonds is 9. The Kier molecular flexibility index (Phi) is 8.24. The average Bonchev–Trinajstić information content (AvgIpc) is 2.77. The minimum Gasteiger partial charge on any atom is -0.493 e. The first-order chi connectivity index (χ1) is 15.8. The predicted octanol–water partition coefficient (Wildman–Crippen LogP) is 3.54. The Morgan fingerprint density at radius 3 is 2.36 bits per heavy atom. The molecule has 2 aromatic carbocycles. The van der Waals surface area contributed by atoms with E-state index in [2.05, 4.69) is 24.1 Å². The summed E-state index contributed by atoms with van der Waals surface area (Å²) >= 11 is 0. The molecule has 2 aromatic rings. The molecule has 178 valence electrons. The fourth-order valence-electron chi connectivity index (χ4n) is 4.02. The third kappa shape index (κ3) is 6.43. The highest BCUT2D eigenvalue weighted by Crippen LogP contribution is 2.34. The minimum atomic E-state index is -0.598. The molecule has 1 N–H and O–H groups in total. The standard InChI is InChI=1S/C24H31N3O6/c1-5-32-23-11-21(27(29)30)20(10-22(23)31-4)24(28)25-12-18-6-8-19(9-7-18)15-26-13-16(2)33-17(3)14-26/h6-11,16-17H,5,12-15H2,1-4H3,(H,25,28). The van der Waals surface area contributed by atoms with Gasteiger partial charge in [-0.3, -0.25) is 19.8 Å². The third-order valence-corrected chi connectivity index (χ3v) is 5.40. The van der Waals surface area contributed by atoms with Crippen LogP contribution < -0.4 is 14.8 Å². The Hall–Kier alpha value is -3.17. The molecule has 0 aliphatic carbocycles. The summed E-state index contributed by atoms with van der Waals surface area (Å²) < 4.78 is 16.4. The van der Waals surface area contributed by atoms with Gasteiger partial charge < -0.3 is 19.5 Å². The van der Waals surface area contributed by atoms with E-state index in [9.17, 15) is 14.9 Å². The Labute approximate surface area is 193 Å². The number of nitrogens with zero attached hydrogens (tertiary/aromatic N) is 2. The van der Waals surface area contributed by atoms with Crippen LogP contribution in [0.5, 0.6) is 11.5 Å². The van der Waals surface area contributed by atoms with E-state index in [1.54, 1.807) is 6.92 Å². The largest absolute Gasteiger partial charge is 0.493 e. The number of hydrogen-bond donors (Lipinski definition) is 1. The monoisotopic (exact) mass is 457 g/mol. The molecule has 9 heteroatoms. The zero-order chi connectivity index (χ0) is 24.0. The Morgan fingerprint density at radius 1 is 1.15 bits per heavy atom. The molecule has 3 rings (SSSR count). The minimum absolute atomic E-state index is 0.0764. The lowest BCUT2D eigenvalue weighted by atomic mass is 10.1. The van der Waals surface area contributed by atoms with Crippen molar-refractivity contribution in [1.29, 1.82) is 0 Å². The van der Waals surface area contributed by atoms with Crippen LogP contribution in [0.4, 0.5) is 5.69 Å². The summed E-state index contributed by atoms with van der Waals surface area (Å²) in [7, 11) is 1.42. The van der Waals surface area contributed by atoms with Gasteiger partial charge in [-0.2, -0.15) is 0 Å². The predicted molar refractivity (Wildman–Crippen MR) is 124 cm³/mol. The molecular weight excluding hydrogens is 426 g/mol. The van der Waals surface area contributed by atoms with Crippen molar-refractivity contribution in [3.8, 4) is 11.5 Å². The quantitative estimate of drug-likeness (QED) is 0.454. The number of nitrogens with one attached hydrogen (secondary N) is 1. The smallest absolute Gasteiger partial charge is 0.286 e. The van der Waals surface area contributed by atoms with Crippen LogP contribution in [0.25, 0.3) is 0 Å². The Bertz CT molecular complexity index is 969. The molecule has 0 spiro atoms. The molecule has 0 radical (unpaired) electrons. The van der Waals surface area contributed by atoms with Crippen molar-refractivity contribution in [3.63, 3.8) is 0 Å². The van der Waals surface area contributed by atoms with E-state index in [1.807, 2.05) is 24.3 Å². The van der Waals surface area contributed by atoms with Crippen molar-refractivity contribution >= 4 is 11.6 Å². The number of carbonyl (C=O) groups excluding carboxylic acids is 1. The van der Waals surface area contributed by atoms with Gasteiger partial charge in [-0.15, -0.1) is 0 Å². The molecule has 1 fully saturated rings. The zero-order valence-corrected chi connectivity index (χ0v) is 19.5. The molecule has 2 unspecified atom stereocenters. The summed E-state index contributed by atoms with van der Waals surface area (Å²) in [5, 5.41) is 14.3. The normalized spacial score (nSPS) is 18.5. The first-order valence-electron chi connectivity index (χ1n) is 11.0. The average molecular weight is 458 g/mol. The van der Waals surface area contributed by atoms with E-state index >= 15 is 0 Å². The van der Waals surface area contributed by atoms with Crippen LogP contribution in [0.1, 0.15) is 42.3 Å². The summed E-state index contributed by atoms with van der Waals surface area (Å²) in [5.41, 5.74) is 1.67. The first kappa shape index (κ1) is 24.5. The molecule has 0 saturated carbocycles. The molecule has 1 amide bonds. The van der Waals surface area contributed by atoms with Crippen LogP contribution in [0.2, 0.25) is 0 Å². The number of morpholine rings is 1. The van der Waals surface area contributed by atoms with Gasteiger partial charge in [-0.25, -0.2) is 0 Å². The van der Waals surface area contributed by atoms with Crippen molar-refractivity contribution in [2.45, 2.75) is 46.1 Å². The molecule has 33 heavy (non-hydrogen) atoms. The van der Waals surface area contributed by atoms with E-state index in [0.717, 1.165) is 25.2 Å². The van der Waals surface area contributed by atoms with Gasteiger partial charge in [0.05, 0.1) is 36.9 Å². The van der Waals surface area contributed by atoms with E-state index < -0.39 is 10.8 Å². The van der Waals surface area contributed by atoms with Crippen molar-refractivity contribution < 1.29 is 23.9 Å². The molecule has 1 aliphatic rings. The fourth-order valence-corrected chi connectivity index (χ4v) is 4.02. The molecular formula is C24H31N3O6. The summed E-state index contributed by atoms with van der Waals surface area (Å²) in [4.78, 5) is 26.0. The second-order valence-electron chi connectivity index (χ2n) is 8.16. The number of nitro groups is 1. The van der Waals surface area contributed by atoms with Crippen molar-refractivity contribution in [2.75, 3.05) is 26.8 Å². The van der Waals surface area contributed by atoms with Gasteiger partial charge in [0.25, 0.3) is 11.6 Å². The van der Waals surface area contributed by atoms with Crippen LogP contribution in [-0.2, 0) is 17.8 Å². The highest BCUT2D eigenvalue weighted by atomic mass is 16.6. The number of carbonyl (C=O) groups is 1. The second-order valence-corrected chi connectivity index (χ2v) is 8.16. The van der Waals surface area contributed by atoms with Crippen LogP contribution in [0.15, 0.2) is 36.4 Å². The van der Waals surface area contributed by atoms with E-state index in [4.69, 9.17) is 14.2 Å². The van der Waals surface area contributed by atoms with Crippen molar-refractivity contribution in [2.24, 2.45) is 0 Å². The molecule has 1 aliphatic heterocycles. The highest BCUT2D eigenvalue weighted by molar-refractivity contribution is 5.99. The summed E-state index contributed by atoms with van der Waals surface area (Å²) in [6.07, 6.45) is 0.432. The number of benzene rings is 2. The fraction of sp³-hybridized carbons (Fsp3) is 0.458. The van der Waals surface area contributed by atoms with Gasteiger partial charge in [-0.05, 0) is 31.9 Å². The lowest BCUT2D eigenvalue weighted by molar-refractivity contribution is -0.385. The summed E-state index contributed by atoms with van der Waals surface area (Å²) in [6, 6.07) is 10.5. The topological polar surface area (TPSA) is 103 Å². The van der Waals surface area contributed by atoms with Crippen molar-refractivity contribution in [3.05, 3.63) is 63.2 Å². The SMILES string of the molecule is CCOc1cc([N+](=O)[O-])c(C(=O)NCc2ccc(CN3CC(C)OC(C)C3)cc2)cc1OC. The maximum atomic E-state index is 12.7. The number of amides is 1. The zero-order valence-electron chi connectivity index (χ0n) is 19.5. The maximum absolute atomic E-state index is 12.7. The number of methoxy groups -OCH3 is 1. The van der Waals surface area contributed by atoms with Gasteiger partial charge in [0.15, 0.2) is 11.5 Å². The molecule has 9 nitrogen and oxygen atoms in total. The Balaban J connectivity index is 1.65. The summed E-state index contributed by atoms with van der Waals surface area (Å²) in [6.45, 7) is 9.12. The van der Waals surface area contributed by atoms with Gasteiger partial charge in [0.2, 0.25) is 0 Å². The van der Waals surface area contributed by atoms with E-state index in [-0.39, 0.29) is 41.5 Å². The summed E-state index contributed by atoms with van der Waals surface area (Å²) in [5.74, 6) is -0.0602. The van der Waals surface area contributed by atoms with Crippen LogP contribution >= 0.6 is 0 Å². The number of hydrogen-bond acceptors (Lipinski definition) is 7. The van der Waals surface area contributed by atoms with Gasteiger partial charge in [-0.1, -0.05) is 24.3 Å². The molecule has 1 saturated heterocycles. The van der Waals surface area contributed by atoms with E-state index in [0.29, 0.717) is 6.61 Å². The second kappa shape index (κ2) is 11.1. The highest BCUT2D eigenvalue weighted by Gasteiger charge is 2.25.